The van der Waals surface area contributed by atoms with Crippen molar-refractivity contribution < 1.29 is 4.74 Å². The number of amidine groups is 1. The zero-order valence-electron chi connectivity index (χ0n) is 26.1. The van der Waals surface area contributed by atoms with Crippen molar-refractivity contribution in [2.75, 3.05) is 7.11 Å². The third-order valence-corrected chi connectivity index (χ3v) is 8.92. The molecular weight excluding hydrogens is 631 g/mol. The Morgan fingerprint density at radius 1 is 1.15 bits per heavy atom. The molecule has 1 fully saturated rings. The largest absolute Gasteiger partial charge is 0.497 e. The molecule has 3 aromatic carbocycles. The number of methoxy groups -OCH3 is 1. The van der Waals surface area contributed by atoms with Crippen LogP contribution in [0, 0.1) is 11.3 Å². The molecule has 1 saturated carbocycles. The second-order valence-electron chi connectivity index (χ2n) is 11.7. The molecular formula is C37H34Cl2N6O2. The molecule has 1 aliphatic rings. The molecule has 0 saturated heterocycles. The average Bonchev–Trinajstić information content (AvgIpc) is 3.79. The molecule has 0 amide bonds. The average molecular weight is 666 g/mol. The van der Waals surface area contributed by atoms with E-state index in [1.54, 1.807) is 31.8 Å². The van der Waals surface area contributed by atoms with Gasteiger partial charge in [-0.25, -0.2) is 9.98 Å². The number of pyridine rings is 1. The summed E-state index contributed by atoms with van der Waals surface area (Å²) >= 11 is 12.4. The highest BCUT2D eigenvalue weighted by Gasteiger charge is 2.40. The summed E-state index contributed by atoms with van der Waals surface area (Å²) in [6, 6.07) is 22.4. The molecule has 2 aromatic heterocycles. The minimum Gasteiger partial charge on any atom is -0.497 e. The van der Waals surface area contributed by atoms with Crippen LogP contribution in [0.25, 0.3) is 22.0 Å². The van der Waals surface area contributed by atoms with E-state index < -0.39 is 5.54 Å². The molecule has 238 valence electrons. The number of aryl methyl sites for hydroxylation is 1. The van der Waals surface area contributed by atoms with Crippen LogP contribution in [-0.2, 0) is 19.1 Å². The van der Waals surface area contributed by atoms with Crippen molar-refractivity contribution >= 4 is 45.1 Å². The quantitative estimate of drug-likeness (QED) is 0.0868. The van der Waals surface area contributed by atoms with Gasteiger partial charge in [-0.2, -0.15) is 0 Å². The van der Waals surface area contributed by atoms with Gasteiger partial charge in [-0.05, 0) is 95.6 Å². The summed E-state index contributed by atoms with van der Waals surface area (Å²) in [7, 11) is 3.48. The highest BCUT2D eigenvalue weighted by molar-refractivity contribution is 6.67. The number of rotatable bonds is 11. The van der Waals surface area contributed by atoms with Gasteiger partial charge in [0.2, 0.25) is 0 Å². The van der Waals surface area contributed by atoms with Crippen molar-refractivity contribution in [2.24, 2.45) is 23.7 Å². The van der Waals surface area contributed by atoms with Crippen molar-refractivity contribution in [1.82, 2.24) is 14.1 Å². The Hall–Kier alpha value is -4.92. The molecule has 1 atom stereocenters. The van der Waals surface area contributed by atoms with E-state index in [2.05, 4.69) is 11.6 Å². The molecule has 1 unspecified atom stereocenters. The minimum absolute atomic E-state index is 0.0697. The summed E-state index contributed by atoms with van der Waals surface area (Å²) in [4.78, 5) is 23.3. The molecule has 3 N–H and O–H groups in total. The molecule has 1 aliphatic carbocycles. The first-order chi connectivity index (χ1) is 22.6. The van der Waals surface area contributed by atoms with Crippen LogP contribution in [0.5, 0.6) is 5.75 Å². The SMILES string of the molecule is C=C(/C=C\C(=N)Cl)C(N=C(N)c1ccc(OC)cc1)(c1ccc2c(c1)c(-c1cccc(Cl)c1)cc(=O)n2CC1CC1)c1cncn1C. The number of nitrogens with one attached hydrogen (secondary N) is 1. The van der Waals surface area contributed by atoms with E-state index >= 15 is 0 Å². The smallest absolute Gasteiger partial charge is 0.251 e. The molecule has 0 radical (unpaired) electrons. The lowest BCUT2D eigenvalue weighted by Crippen LogP contribution is -2.33. The molecule has 5 aromatic rings. The monoisotopic (exact) mass is 664 g/mol. The van der Waals surface area contributed by atoms with Crippen LogP contribution in [0.1, 0.15) is 29.7 Å². The summed E-state index contributed by atoms with van der Waals surface area (Å²) in [5.41, 5.74) is 10.4. The van der Waals surface area contributed by atoms with Gasteiger partial charge in [0.25, 0.3) is 5.56 Å². The zero-order valence-corrected chi connectivity index (χ0v) is 27.6. The fourth-order valence-electron chi connectivity index (χ4n) is 5.95. The lowest BCUT2D eigenvalue weighted by molar-refractivity contribution is 0.415. The molecule has 0 aliphatic heterocycles. The molecule has 6 rings (SSSR count). The third-order valence-electron chi connectivity index (χ3n) is 8.56. The minimum atomic E-state index is -1.32. The molecule has 0 spiro atoms. The standard InChI is InChI=1S/C37H34Cl2N6O2/c1-23(7-16-34(39)40)37(33-20-42-22-44(33)2,43-36(41)25-10-13-29(47-3)14-11-25)27-12-15-32-31(18-27)30(26-5-4-6-28(38)17-26)19-35(46)45(32)21-24-8-9-24/h4-7,10-20,22,24,40H,1,8-9,21H2,2-3H3,(H2,41,43)/b16-7-,40-34?. The lowest BCUT2D eigenvalue weighted by Gasteiger charge is -2.33. The van der Waals surface area contributed by atoms with E-state index in [-0.39, 0.29) is 16.6 Å². The van der Waals surface area contributed by atoms with Crippen molar-refractivity contribution in [3.05, 3.63) is 142 Å². The van der Waals surface area contributed by atoms with Gasteiger partial charge in [0, 0.05) is 35.6 Å². The van der Waals surface area contributed by atoms with E-state index in [0.29, 0.717) is 40.1 Å². The maximum absolute atomic E-state index is 13.6. The Balaban J connectivity index is 1.69. The van der Waals surface area contributed by atoms with Crippen molar-refractivity contribution in [3.8, 4) is 16.9 Å². The predicted octanol–water partition coefficient (Wildman–Crippen LogP) is 7.45. The van der Waals surface area contributed by atoms with Crippen LogP contribution in [-0.4, -0.2) is 32.2 Å². The van der Waals surface area contributed by atoms with Gasteiger partial charge in [0.1, 0.15) is 16.8 Å². The molecule has 47 heavy (non-hydrogen) atoms. The summed E-state index contributed by atoms with van der Waals surface area (Å²) in [5.74, 6) is 1.41. The lowest BCUT2D eigenvalue weighted by atomic mass is 9.79. The van der Waals surface area contributed by atoms with Gasteiger partial charge in [0.15, 0.2) is 5.54 Å². The van der Waals surface area contributed by atoms with Crippen molar-refractivity contribution in [2.45, 2.75) is 24.9 Å². The number of allylic oxidation sites excluding steroid dienone is 1. The molecule has 10 heteroatoms. The van der Waals surface area contributed by atoms with E-state index in [0.717, 1.165) is 40.4 Å². The maximum atomic E-state index is 13.6. The predicted molar refractivity (Wildman–Crippen MR) is 191 cm³/mol. The maximum Gasteiger partial charge on any atom is 0.251 e. The number of nitrogens with two attached hydrogens (primary N) is 1. The fourth-order valence-corrected chi connectivity index (χ4v) is 6.20. The number of ether oxygens (including phenoxy) is 1. The number of aliphatic imine (C=N–C) groups is 1. The summed E-state index contributed by atoms with van der Waals surface area (Å²) in [6.07, 6.45) is 8.75. The second kappa shape index (κ2) is 13.1. The third kappa shape index (κ3) is 6.39. The van der Waals surface area contributed by atoms with Gasteiger partial charge in [-0.15, -0.1) is 0 Å². The van der Waals surface area contributed by atoms with Crippen LogP contribution in [0.15, 0.2) is 119 Å². The van der Waals surface area contributed by atoms with Crippen LogP contribution >= 0.6 is 23.2 Å². The van der Waals surface area contributed by atoms with Crippen molar-refractivity contribution in [1.29, 1.82) is 5.41 Å². The first-order valence-electron chi connectivity index (χ1n) is 15.1. The zero-order chi connectivity index (χ0) is 33.3. The number of aromatic nitrogens is 3. The fraction of sp³-hybridized carbons (Fsp3) is 0.189. The number of halogens is 2. The van der Waals surface area contributed by atoms with Crippen LogP contribution in [0.2, 0.25) is 5.02 Å². The van der Waals surface area contributed by atoms with Crippen LogP contribution < -0.4 is 16.0 Å². The van der Waals surface area contributed by atoms with Gasteiger partial charge in [0.05, 0.1) is 30.8 Å². The van der Waals surface area contributed by atoms with Gasteiger partial charge in [-0.3, -0.25) is 10.2 Å². The number of hydrogen-bond donors (Lipinski definition) is 2. The highest BCUT2D eigenvalue weighted by Crippen LogP contribution is 2.43. The normalized spacial score (nSPS) is 14.8. The van der Waals surface area contributed by atoms with Gasteiger partial charge >= 0.3 is 0 Å². The van der Waals surface area contributed by atoms with Crippen LogP contribution in [0.4, 0.5) is 0 Å². The second-order valence-corrected chi connectivity index (χ2v) is 12.6. The molecule has 2 heterocycles. The highest BCUT2D eigenvalue weighted by atomic mass is 35.5. The van der Waals surface area contributed by atoms with Crippen molar-refractivity contribution in [3.63, 3.8) is 0 Å². The first-order valence-corrected chi connectivity index (χ1v) is 15.9. The number of hydrogen-bond acceptors (Lipinski definition) is 5. The Morgan fingerprint density at radius 2 is 1.91 bits per heavy atom. The Bertz CT molecular complexity index is 2130. The number of imidazole rings is 1. The summed E-state index contributed by atoms with van der Waals surface area (Å²) in [5, 5.41) is 9.13. The van der Waals surface area contributed by atoms with E-state index in [1.807, 2.05) is 82.9 Å². The summed E-state index contributed by atoms with van der Waals surface area (Å²) < 4.78 is 9.07. The van der Waals surface area contributed by atoms with Gasteiger partial charge in [-0.1, -0.05) is 54.1 Å². The molecule has 8 nitrogen and oxygen atoms in total. The first kappa shape index (κ1) is 32.0. The van der Waals surface area contributed by atoms with E-state index in [4.69, 9.17) is 44.1 Å². The Morgan fingerprint density at radius 3 is 2.55 bits per heavy atom. The number of benzene rings is 3. The Kier molecular flexibility index (Phi) is 8.90. The summed E-state index contributed by atoms with van der Waals surface area (Å²) in [6.45, 7) is 5.11. The van der Waals surface area contributed by atoms with E-state index in [9.17, 15) is 4.79 Å². The number of nitrogens with zero attached hydrogens (tertiary/aromatic N) is 4. The number of fused-ring (bicyclic) bond motifs is 1. The van der Waals surface area contributed by atoms with E-state index in [1.165, 1.54) is 6.08 Å². The molecule has 0 bridgehead atoms. The van der Waals surface area contributed by atoms with Crippen LogP contribution in [0.3, 0.4) is 0 Å². The van der Waals surface area contributed by atoms with Gasteiger partial charge < -0.3 is 19.6 Å². The topological polar surface area (TPSA) is 111 Å². The Labute approximate surface area is 283 Å².